The van der Waals surface area contributed by atoms with Crippen molar-refractivity contribution in [2.75, 3.05) is 14.2 Å². The van der Waals surface area contributed by atoms with Crippen molar-refractivity contribution in [1.82, 2.24) is 4.90 Å². The molecule has 0 spiro atoms. The van der Waals surface area contributed by atoms with Crippen molar-refractivity contribution < 1.29 is 14.3 Å². The van der Waals surface area contributed by atoms with Gasteiger partial charge in [-0.2, -0.15) is 0 Å². The van der Waals surface area contributed by atoms with Gasteiger partial charge in [-0.05, 0) is 13.8 Å². The first-order valence-electron chi connectivity index (χ1n) is 4.25. The second kappa shape index (κ2) is 3.01. The van der Waals surface area contributed by atoms with Gasteiger partial charge in [0, 0.05) is 13.5 Å². The van der Waals surface area contributed by atoms with E-state index in [1.807, 2.05) is 13.8 Å². The first-order chi connectivity index (χ1) is 5.91. The van der Waals surface area contributed by atoms with Crippen molar-refractivity contribution in [3.63, 3.8) is 0 Å². The van der Waals surface area contributed by atoms with Gasteiger partial charge in [0.1, 0.15) is 0 Å². The molecule has 4 heteroatoms. The van der Waals surface area contributed by atoms with E-state index < -0.39 is 5.54 Å². The lowest BCUT2D eigenvalue weighted by atomic mass is 9.89. The Morgan fingerprint density at radius 3 is 2.46 bits per heavy atom. The number of nitrogens with zero attached hydrogens (tertiary/aromatic N) is 1. The molecule has 0 aromatic carbocycles. The monoisotopic (exact) mass is 185 g/mol. The molecule has 0 saturated carbocycles. The Morgan fingerprint density at radius 1 is 1.62 bits per heavy atom. The molecule has 1 aliphatic rings. The molecule has 1 fully saturated rings. The Labute approximate surface area is 77.8 Å². The van der Waals surface area contributed by atoms with E-state index in [4.69, 9.17) is 0 Å². The summed E-state index contributed by atoms with van der Waals surface area (Å²) < 4.78 is 4.65. The smallest absolute Gasteiger partial charge is 0.311 e. The Morgan fingerprint density at radius 2 is 2.15 bits per heavy atom. The van der Waals surface area contributed by atoms with Gasteiger partial charge in [0.05, 0.1) is 18.6 Å². The average Bonchev–Trinajstić information content (AvgIpc) is 2.28. The lowest BCUT2D eigenvalue weighted by Gasteiger charge is -2.31. The molecule has 1 atom stereocenters. The minimum absolute atomic E-state index is 0.000370. The predicted octanol–water partition coefficient (Wildman–Crippen LogP) is 0.416. The average molecular weight is 185 g/mol. The van der Waals surface area contributed by atoms with Crippen molar-refractivity contribution in [1.29, 1.82) is 0 Å². The maximum absolute atomic E-state index is 11.3. The number of esters is 1. The molecule has 0 aromatic rings. The van der Waals surface area contributed by atoms with Gasteiger partial charge in [-0.3, -0.25) is 9.59 Å². The second-order valence-corrected chi connectivity index (χ2v) is 3.89. The van der Waals surface area contributed by atoms with E-state index >= 15 is 0 Å². The van der Waals surface area contributed by atoms with Gasteiger partial charge in [0.25, 0.3) is 0 Å². The number of methoxy groups -OCH3 is 1. The highest BCUT2D eigenvalue weighted by Crippen LogP contribution is 2.34. The molecule has 1 unspecified atom stereocenters. The molecule has 0 radical (unpaired) electrons. The zero-order valence-electron chi connectivity index (χ0n) is 8.46. The Balaban J connectivity index is 2.90. The van der Waals surface area contributed by atoms with Gasteiger partial charge in [-0.1, -0.05) is 0 Å². The van der Waals surface area contributed by atoms with Crippen LogP contribution in [0.2, 0.25) is 0 Å². The summed E-state index contributed by atoms with van der Waals surface area (Å²) in [7, 11) is 3.06. The number of carbonyl (C=O) groups excluding carboxylic acids is 2. The maximum Gasteiger partial charge on any atom is 0.311 e. The Kier molecular flexibility index (Phi) is 2.32. The number of rotatable bonds is 1. The fraction of sp³-hybridized carbons (Fsp3) is 0.778. The molecule has 1 aliphatic heterocycles. The summed E-state index contributed by atoms with van der Waals surface area (Å²) in [6, 6.07) is 0. The van der Waals surface area contributed by atoms with Crippen LogP contribution >= 0.6 is 0 Å². The van der Waals surface area contributed by atoms with Gasteiger partial charge in [0.15, 0.2) is 0 Å². The number of carbonyl (C=O) groups is 2. The SMILES string of the molecule is COC(=O)C1CC(=O)N(C)C1(C)C. The van der Waals surface area contributed by atoms with Crippen molar-refractivity contribution in [2.45, 2.75) is 25.8 Å². The number of amides is 1. The molecular weight excluding hydrogens is 170 g/mol. The lowest BCUT2D eigenvalue weighted by molar-refractivity contribution is -0.147. The van der Waals surface area contributed by atoms with Crippen molar-refractivity contribution in [3.05, 3.63) is 0 Å². The quantitative estimate of drug-likeness (QED) is 0.556. The van der Waals surface area contributed by atoms with Crippen LogP contribution in [-0.2, 0) is 14.3 Å². The number of hydrogen-bond donors (Lipinski definition) is 0. The molecule has 1 amide bonds. The largest absolute Gasteiger partial charge is 0.469 e. The van der Waals surface area contributed by atoms with Crippen LogP contribution in [-0.4, -0.2) is 36.5 Å². The first kappa shape index (κ1) is 10.0. The van der Waals surface area contributed by atoms with Crippen LogP contribution in [0.4, 0.5) is 0 Å². The van der Waals surface area contributed by atoms with E-state index in [1.165, 1.54) is 7.11 Å². The van der Waals surface area contributed by atoms with Crippen LogP contribution in [0.5, 0.6) is 0 Å². The molecule has 0 aliphatic carbocycles. The molecule has 4 nitrogen and oxygen atoms in total. The minimum Gasteiger partial charge on any atom is -0.469 e. The van der Waals surface area contributed by atoms with Crippen LogP contribution in [0.1, 0.15) is 20.3 Å². The van der Waals surface area contributed by atoms with Crippen LogP contribution in [0, 0.1) is 5.92 Å². The summed E-state index contributed by atoms with van der Waals surface area (Å²) in [5, 5.41) is 0. The van der Waals surface area contributed by atoms with Crippen molar-refractivity contribution in [3.8, 4) is 0 Å². The summed E-state index contributed by atoms with van der Waals surface area (Å²) in [6.45, 7) is 3.75. The van der Waals surface area contributed by atoms with Gasteiger partial charge >= 0.3 is 5.97 Å². The zero-order valence-corrected chi connectivity index (χ0v) is 8.46. The van der Waals surface area contributed by atoms with Crippen LogP contribution in [0.25, 0.3) is 0 Å². The van der Waals surface area contributed by atoms with Gasteiger partial charge in [0.2, 0.25) is 5.91 Å². The summed E-state index contributed by atoms with van der Waals surface area (Å²) in [5.41, 5.74) is -0.426. The summed E-state index contributed by atoms with van der Waals surface area (Å²) in [5.74, 6) is -0.641. The first-order valence-corrected chi connectivity index (χ1v) is 4.25. The second-order valence-electron chi connectivity index (χ2n) is 3.89. The molecule has 1 heterocycles. The van der Waals surface area contributed by atoms with Gasteiger partial charge in [-0.25, -0.2) is 0 Å². The fourth-order valence-corrected chi connectivity index (χ4v) is 1.63. The van der Waals surface area contributed by atoms with Crippen LogP contribution in [0.15, 0.2) is 0 Å². The normalized spacial score (nSPS) is 26.3. The highest BCUT2D eigenvalue weighted by Gasteiger charge is 2.48. The topological polar surface area (TPSA) is 46.6 Å². The fourth-order valence-electron chi connectivity index (χ4n) is 1.63. The van der Waals surface area contributed by atoms with Crippen molar-refractivity contribution >= 4 is 11.9 Å². The van der Waals surface area contributed by atoms with E-state index in [-0.39, 0.29) is 24.2 Å². The molecule has 0 N–H and O–H groups in total. The standard InChI is InChI=1S/C9H15NO3/c1-9(2)6(8(12)13-4)5-7(11)10(9)3/h6H,5H2,1-4H3. The Hall–Kier alpha value is -1.06. The molecule has 0 aromatic heterocycles. The van der Waals surface area contributed by atoms with Gasteiger partial charge in [-0.15, -0.1) is 0 Å². The molecule has 1 saturated heterocycles. The van der Waals surface area contributed by atoms with Gasteiger partial charge < -0.3 is 9.64 Å². The van der Waals surface area contributed by atoms with E-state index in [9.17, 15) is 9.59 Å². The van der Waals surface area contributed by atoms with Crippen LogP contribution in [0.3, 0.4) is 0 Å². The highest BCUT2D eigenvalue weighted by atomic mass is 16.5. The highest BCUT2D eigenvalue weighted by molar-refractivity contribution is 5.88. The van der Waals surface area contributed by atoms with E-state index in [2.05, 4.69) is 4.74 Å². The molecule has 74 valence electrons. The minimum atomic E-state index is -0.426. The molecule has 13 heavy (non-hydrogen) atoms. The third kappa shape index (κ3) is 1.41. The summed E-state index contributed by atoms with van der Waals surface area (Å²) in [4.78, 5) is 24.3. The number of ether oxygens (including phenoxy) is 1. The zero-order chi connectivity index (χ0) is 10.2. The predicted molar refractivity (Wildman–Crippen MR) is 47.0 cm³/mol. The molecule has 1 rings (SSSR count). The van der Waals surface area contributed by atoms with E-state index in [1.54, 1.807) is 11.9 Å². The van der Waals surface area contributed by atoms with E-state index in [0.717, 1.165) is 0 Å². The summed E-state index contributed by atoms with van der Waals surface area (Å²) in [6.07, 6.45) is 0.260. The lowest BCUT2D eigenvalue weighted by Crippen LogP contribution is -2.44. The van der Waals surface area contributed by atoms with E-state index in [0.29, 0.717) is 0 Å². The van der Waals surface area contributed by atoms with Crippen molar-refractivity contribution in [2.24, 2.45) is 5.92 Å². The third-order valence-electron chi connectivity index (χ3n) is 2.96. The maximum atomic E-state index is 11.3. The Bertz CT molecular complexity index is 247. The molecule has 0 bridgehead atoms. The molecular formula is C9H15NO3. The summed E-state index contributed by atoms with van der Waals surface area (Å²) >= 11 is 0. The third-order valence-corrected chi connectivity index (χ3v) is 2.96. The van der Waals surface area contributed by atoms with Crippen LogP contribution < -0.4 is 0 Å². The number of hydrogen-bond acceptors (Lipinski definition) is 3. The number of likely N-dealkylation sites (tertiary alicyclic amines) is 1.